The highest BCUT2D eigenvalue weighted by Gasteiger charge is 2.16. The van der Waals surface area contributed by atoms with Crippen LogP contribution >= 0.6 is 11.6 Å². The Kier molecular flexibility index (Phi) is 7.04. The molecule has 1 N–H and O–H groups in total. The highest BCUT2D eigenvalue weighted by Crippen LogP contribution is 2.26. The zero-order valence-corrected chi connectivity index (χ0v) is 18.4. The average Bonchev–Trinajstić information content (AvgIpc) is 2.71. The van der Waals surface area contributed by atoms with Crippen molar-refractivity contribution in [1.29, 1.82) is 0 Å². The summed E-state index contributed by atoms with van der Waals surface area (Å²) in [6.07, 6.45) is -0.584. The van der Waals surface area contributed by atoms with E-state index in [1.54, 1.807) is 6.92 Å². The Morgan fingerprint density at radius 1 is 1.10 bits per heavy atom. The lowest BCUT2D eigenvalue weighted by Crippen LogP contribution is -2.44. The molecule has 3 rings (SSSR count). The second-order valence-electron chi connectivity index (χ2n) is 7.81. The molecule has 1 saturated heterocycles. The van der Waals surface area contributed by atoms with E-state index in [9.17, 15) is 4.79 Å². The van der Waals surface area contributed by atoms with Crippen LogP contribution in [0.15, 0.2) is 36.4 Å². The van der Waals surface area contributed by atoms with Crippen LogP contribution in [-0.2, 0) is 11.3 Å². The van der Waals surface area contributed by atoms with Gasteiger partial charge < -0.3 is 19.9 Å². The number of rotatable bonds is 6. The van der Waals surface area contributed by atoms with E-state index in [4.69, 9.17) is 16.3 Å². The predicted molar refractivity (Wildman–Crippen MR) is 119 cm³/mol. The summed E-state index contributed by atoms with van der Waals surface area (Å²) in [5.41, 5.74) is 4.18. The van der Waals surface area contributed by atoms with Gasteiger partial charge in [-0.25, -0.2) is 0 Å². The highest BCUT2D eigenvalue weighted by atomic mass is 35.5. The summed E-state index contributed by atoms with van der Waals surface area (Å²) in [5.74, 6) is 0.516. The number of amides is 1. The van der Waals surface area contributed by atoms with Gasteiger partial charge in [0.05, 0.1) is 0 Å². The van der Waals surface area contributed by atoms with E-state index in [0.29, 0.717) is 12.3 Å². The molecule has 2 aromatic rings. The largest absolute Gasteiger partial charge is 0.481 e. The molecular formula is C23H30ClN3O2. The summed E-state index contributed by atoms with van der Waals surface area (Å²) in [4.78, 5) is 17.2. The molecule has 1 amide bonds. The van der Waals surface area contributed by atoms with E-state index in [0.717, 1.165) is 47.9 Å². The standard InChI is InChI=1S/C23H30ClN3O2/c1-16-13-21(14-17(2)22(16)24)29-18(3)23(28)25-15-19-5-7-20(8-6-19)27-11-9-26(4)10-12-27/h5-8,13-14,18H,9-12,15H2,1-4H3,(H,25,28)/t18-/m0/s1. The van der Waals surface area contributed by atoms with Crippen LogP contribution in [-0.4, -0.2) is 50.1 Å². The first-order chi connectivity index (χ1) is 13.8. The van der Waals surface area contributed by atoms with Crippen molar-refractivity contribution in [2.45, 2.75) is 33.4 Å². The number of piperazine rings is 1. The minimum absolute atomic E-state index is 0.140. The van der Waals surface area contributed by atoms with E-state index in [2.05, 4.69) is 46.4 Å². The first-order valence-corrected chi connectivity index (χ1v) is 10.4. The van der Waals surface area contributed by atoms with Gasteiger partial charge in [0.2, 0.25) is 0 Å². The minimum atomic E-state index is -0.584. The maximum absolute atomic E-state index is 12.4. The monoisotopic (exact) mass is 415 g/mol. The van der Waals surface area contributed by atoms with Crippen LogP contribution in [0.25, 0.3) is 0 Å². The number of anilines is 1. The average molecular weight is 416 g/mol. The van der Waals surface area contributed by atoms with Gasteiger partial charge in [0.1, 0.15) is 5.75 Å². The van der Waals surface area contributed by atoms with Crippen LogP contribution < -0.4 is 15.0 Å². The first-order valence-electron chi connectivity index (χ1n) is 10.1. The Morgan fingerprint density at radius 3 is 2.28 bits per heavy atom. The first kappa shape index (κ1) is 21.5. The van der Waals surface area contributed by atoms with Gasteiger partial charge >= 0.3 is 0 Å². The van der Waals surface area contributed by atoms with Gasteiger partial charge in [-0.1, -0.05) is 23.7 Å². The van der Waals surface area contributed by atoms with Gasteiger partial charge in [-0.3, -0.25) is 4.79 Å². The van der Waals surface area contributed by atoms with Crippen LogP contribution in [0.1, 0.15) is 23.6 Å². The van der Waals surface area contributed by atoms with E-state index >= 15 is 0 Å². The SMILES string of the molecule is Cc1cc(O[C@@H](C)C(=O)NCc2ccc(N3CCN(C)CC3)cc2)cc(C)c1Cl. The zero-order valence-electron chi connectivity index (χ0n) is 17.7. The minimum Gasteiger partial charge on any atom is -0.481 e. The normalized spacial score (nSPS) is 15.8. The van der Waals surface area contributed by atoms with Gasteiger partial charge in [-0.15, -0.1) is 0 Å². The maximum Gasteiger partial charge on any atom is 0.261 e. The zero-order chi connectivity index (χ0) is 21.0. The topological polar surface area (TPSA) is 44.8 Å². The second-order valence-corrected chi connectivity index (χ2v) is 8.18. The summed E-state index contributed by atoms with van der Waals surface area (Å²) in [5, 5.41) is 3.69. The van der Waals surface area contributed by atoms with Gasteiger partial charge in [0.25, 0.3) is 5.91 Å². The number of nitrogens with one attached hydrogen (secondary N) is 1. The molecule has 5 nitrogen and oxygen atoms in total. The van der Waals surface area contributed by atoms with Crippen LogP contribution in [0.3, 0.4) is 0 Å². The summed E-state index contributed by atoms with van der Waals surface area (Å²) in [6, 6.07) is 12.1. The van der Waals surface area contributed by atoms with E-state index < -0.39 is 6.10 Å². The summed E-state index contributed by atoms with van der Waals surface area (Å²) in [6.45, 7) is 10.4. The number of benzene rings is 2. The third-order valence-corrected chi connectivity index (χ3v) is 5.96. The van der Waals surface area contributed by atoms with Crippen molar-refractivity contribution in [3.63, 3.8) is 0 Å². The Morgan fingerprint density at radius 2 is 1.69 bits per heavy atom. The molecule has 1 atom stereocenters. The number of halogens is 1. The third-order valence-electron chi connectivity index (χ3n) is 5.36. The predicted octanol–water partition coefficient (Wildman–Crippen LogP) is 3.79. The highest BCUT2D eigenvalue weighted by molar-refractivity contribution is 6.32. The number of hydrogen-bond donors (Lipinski definition) is 1. The number of carbonyl (C=O) groups is 1. The second kappa shape index (κ2) is 9.51. The fourth-order valence-corrected chi connectivity index (χ4v) is 3.56. The smallest absolute Gasteiger partial charge is 0.261 e. The number of carbonyl (C=O) groups excluding carboxylic acids is 1. The molecule has 156 valence electrons. The maximum atomic E-state index is 12.4. The van der Waals surface area contributed by atoms with Crippen molar-refractivity contribution in [3.8, 4) is 5.75 Å². The molecule has 0 spiro atoms. The van der Waals surface area contributed by atoms with Crippen molar-refractivity contribution < 1.29 is 9.53 Å². The Hall–Kier alpha value is -2.24. The molecule has 1 aliphatic rings. The third kappa shape index (κ3) is 5.64. The number of ether oxygens (including phenoxy) is 1. The van der Waals surface area contributed by atoms with Crippen LogP contribution in [0.2, 0.25) is 5.02 Å². The molecule has 1 heterocycles. The molecule has 0 aliphatic carbocycles. The van der Waals surface area contributed by atoms with Crippen LogP contribution in [0.4, 0.5) is 5.69 Å². The van der Waals surface area contributed by atoms with Gasteiger partial charge in [0, 0.05) is 43.4 Å². The summed E-state index contributed by atoms with van der Waals surface area (Å²) < 4.78 is 5.81. The van der Waals surface area contributed by atoms with E-state index in [1.807, 2.05) is 26.0 Å². The Bertz CT molecular complexity index is 823. The van der Waals surface area contributed by atoms with Crippen molar-refractivity contribution in [2.75, 3.05) is 38.1 Å². The molecule has 1 aliphatic heterocycles. The molecule has 0 radical (unpaired) electrons. The lowest BCUT2D eigenvalue weighted by molar-refractivity contribution is -0.127. The number of aryl methyl sites for hydroxylation is 2. The van der Waals surface area contributed by atoms with Crippen molar-refractivity contribution >= 4 is 23.2 Å². The lowest BCUT2D eigenvalue weighted by atomic mass is 10.1. The Labute approximate surface area is 178 Å². The lowest BCUT2D eigenvalue weighted by Gasteiger charge is -2.34. The molecule has 6 heteroatoms. The molecule has 2 aromatic carbocycles. The van der Waals surface area contributed by atoms with Crippen molar-refractivity contribution in [1.82, 2.24) is 10.2 Å². The van der Waals surface area contributed by atoms with Crippen LogP contribution in [0, 0.1) is 13.8 Å². The number of nitrogens with zero attached hydrogens (tertiary/aromatic N) is 2. The van der Waals surface area contributed by atoms with Crippen molar-refractivity contribution in [3.05, 3.63) is 58.1 Å². The summed E-state index contributed by atoms with van der Waals surface area (Å²) >= 11 is 6.19. The molecular weight excluding hydrogens is 386 g/mol. The number of likely N-dealkylation sites (N-methyl/N-ethyl adjacent to an activating group) is 1. The number of hydrogen-bond acceptors (Lipinski definition) is 4. The fraction of sp³-hybridized carbons (Fsp3) is 0.435. The molecule has 0 saturated carbocycles. The van der Waals surface area contributed by atoms with Crippen LogP contribution in [0.5, 0.6) is 5.75 Å². The molecule has 0 aromatic heterocycles. The molecule has 1 fully saturated rings. The van der Waals surface area contributed by atoms with Gasteiger partial charge in [-0.05, 0) is 68.8 Å². The van der Waals surface area contributed by atoms with Gasteiger partial charge in [0.15, 0.2) is 6.10 Å². The van der Waals surface area contributed by atoms with E-state index in [-0.39, 0.29) is 5.91 Å². The Balaban J connectivity index is 1.51. The molecule has 0 bridgehead atoms. The quantitative estimate of drug-likeness (QED) is 0.779. The fourth-order valence-electron chi connectivity index (χ4n) is 3.45. The van der Waals surface area contributed by atoms with Crippen molar-refractivity contribution in [2.24, 2.45) is 0 Å². The molecule has 0 unspecified atom stereocenters. The van der Waals surface area contributed by atoms with E-state index in [1.165, 1.54) is 5.69 Å². The van der Waals surface area contributed by atoms with Gasteiger partial charge in [-0.2, -0.15) is 0 Å². The molecule has 29 heavy (non-hydrogen) atoms. The summed E-state index contributed by atoms with van der Waals surface area (Å²) in [7, 11) is 2.16.